The quantitative estimate of drug-likeness (QED) is 0.615. The molecule has 0 unspecified atom stereocenters. The SMILES string of the molecule is CCCC[Si](NCCC)(OC)OC. The van der Waals surface area contributed by atoms with E-state index in [0.29, 0.717) is 0 Å². The molecule has 0 aliphatic carbocycles. The fraction of sp³-hybridized carbons (Fsp3) is 1.00. The fourth-order valence-corrected chi connectivity index (χ4v) is 3.74. The van der Waals surface area contributed by atoms with Gasteiger partial charge in [-0.15, -0.1) is 0 Å². The number of rotatable bonds is 8. The second-order valence-electron chi connectivity index (χ2n) is 3.19. The van der Waals surface area contributed by atoms with E-state index >= 15 is 0 Å². The van der Waals surface area contributed by atoms with Crippen molar-refractivity contribution in [2.24, 2.45) is 0 Å². The van der Waals surface area contributed by atoms with Crippen LogP contribution >= 0.6 is 0 Å². The van der Waals surface area contributed by atoms with E-state index in [1.807, 2.05) is 0 Å². The maximum atomic E-state index is 5.50. The highest BCUT2D eigenvalue weighted by Crippen LogP contribution is 2.12. The van der Waals surface area contributed by atoms with Crippen LogP contribution in [-0.2, 0) is 8.85 Å². The minimum atomic E-state index is -2.04. The van der Waals surface area contributed by atoms with Crippen LogP contribution in [0.1, 0.15) is 33.1 Å². The molecule has 1 N–H and O–H groups in total. The summed E-state index contributed by atoms with van der Waals surface area (Å²) >= 11 is 0. The molecule has 0 aromatic heterocycles. The van der Waals surface area contributed by atoms with Gasteiger partial charge in [0.2, 0.25) is 0 Å². The van der Waals surface area contributed by atoms with E-state index in [-0.39, 0.29) is 0 Å². The first kappa shape index (κ1) is 13.1. The minimum absolute atomic E-state index is 0.984. The standard InChI is InChI=1S/C9H23NO2Si/c1-5-7-9-13(11-3,12-4)10-8-6-2/h10H,5-9H2,1-4H3. The topological polar surface area (TPSA) is 30.5 Å². The lowest BCUT2D eigenvalue weighted by Gasteiger charge is -2.27. The normalized spacial score (nSPS) is 12.0. The van der Waals surface area contributed by atoms with Gasteiger partial charge in [0.15, 0.2) is 0 Å². The third kappa shape index (κ3) is 4.76. The van der Waals surface area contributed by atoms with Crippen LogP contribution in [0.25, 0.3) is 0 Å². The predicted octanol–water partition coefficient (Wildman–Crippen LogP) is 2.02. The smallest absolute Gasteiger partial charge is 0.386 e. The Morgan fingerprint density at radius 1 is 1.08 bits per heavy atom. The van der Waals surface area contributed by atoms with Crippen LogP contribution in [0.5, 0.6) is 0 Å². The third-order valence-corrected chi connectivity index (χ3v) is 5.28. The van der Waals surface area contributed by atoms with Crippen molar-refractivity contribution in [3.8, 4) is 0 Å². The second kappa shape index (κ2) is 7.50. The van der Waals surface area contributed by atoms with Gasteiger partial charge < -0.3 is 8.85 Å². The molecule has 0 atom stereocenters. The van der Waals surface area contributed by atoms with Gasteiger partial charge in [0.05, 0.1) is 0 Å². The molecular weight excluding hydrogens is 182 g/mol. The summed E-state index contributed by atoms with van der Waals surface area (Å²) in [7, 11) is 1.45. The molecule has 0 spiro atoms. The first-order chi connectivity index (χ1) is 6.24. The largest absolute Gasteiger partial charge is 0.424 e. The molecule has 3 nitrogen and oxygen atoms in total. The van der Waals surface area contributed by atoms with Gasteiger partial charge in [-0.05, 0) is 13.0 Å². The summed E-state index contributed by atoms with van der Waals surface area (Å²) in [4.78, 5) is 3.41. The molecule has 13 heavy (non-hydrogen) atoms. The lowest BCUT2D eigenvalue weighted by atomic mass is 10.4. The molecule has 0 saturated carbocycles. The molecule has 0 bridgehead atoms. The van der Waals surface area contributed by atoms with Crippen molar-refractivity contribution in [1.29, 1.82) is 0 Å². The van der Waals surface area contributed by atoms with Gasteiger partial charge in [0.1, 0.15) is 0 Å². The molecule has 0 rings (SSSR count). The zero-order valence-electron chi connectivity index (χ0n) is 9.35. The Balaban J connectivity index is 3.97. The van der Waals surface area contributed by atoms with Crippen molar-refractivity contribution in [1.82, 2.24) is 4.98 Å². The van der Waals surface area contributed by atoms with Crippen LogP contribution in [0.3, 0.4) is 0 Å². The predicted molar refractivity (Wildman–Crippen MR) is 57.8 cm³/mol. The van der Waals surface area contributed by atoms with E-state index in [1.54, 1.807) is 14.2 Å². The Bertz CT molecular complexity index is 108. The summed E-state index contributed by atoms with van der Waals surface area (Å²) in [5.74, 6) is 0. The van der Waals surface area contributed by atoms with E-state index in [1.165, 1.54) is 12.8 Å². The number of nitrogens with one attached hydrogen (secondary N) is 1. The highest BCUT2D eigenvalue weighted by atomic mass is 28.4. The van der Waals surface area contributed by atoms with Crippen LogP contribution in [0.4, 0.5) is 0 Å². The Morgan fingerprint density at radius 3 is 2.08 bits per heavy atom. The van der Waals surface area contributed by atoms with Crippen LogP contribution in [0.15, 0.2) is 0 Å². The maximum absolute atomic E-state index is 5.50. The van der Waals surface area contributed by atoms with Gasteiger partial charge in [-0.25, -0.2) is 0 Å². The van der Waals surface area contributed by atoms with Gasteiger partial charge in [-0.2, -0.15) is 0 Å². The van der Waals surface area contributed by atoms with E-state index in [9.17, 15) is 0 Å². The van der Waals surface area contributed by atoms with Crippen molar-refractivity contribution in [3.63, 3.8) is 0 Å². The molecule has 0 aromatic rings. The zero-order chi connectivity index (χ0) is 10.2. The van der Waals surface area contributed by atoms with Crippen molar-refractivity contribution in [2.75, 3.05) is 20.8 Å². The summed E-state index contributed by atoms with van der Waals surface area (Å²) in [5, 5.41) is 0. The van der Waals surface area contributed by atoms with Crippen molar-refractivity contribution < 1.29 is 8.85 Å². The molecule has 4 heteroatoms. The van der Waals surface area contributed by atoms with E-state index in [2.05, 4.69) is 18.8 Å². The van der Waals surface area contributed by atoms with Gasteiger partial charge in [0.25, 0.3) is 0 Å². The molecule has 0 fully saturated rings. The monoisotopic (exact) mass is 205 g/mol. The summed E-state index contributed by atoms with van der Waals surface area (Å²) in [6.45, 7) is 5.32. The number of hydrogen-bond acceptors (Lipinski definition) is 3. The Labute approximate surface area is 83.1 Å². The van der Waals surface area contributed by atoms with E-state index < -0.39 is 8.72 Å². The Morgan fingerprint density at radius 2 is 1.69 bits per heavy atom. The maximum Gasteiger partial charge on any atom is 0.424 e. The first-order valence-corrected chi connectivity index (χ1v) is 7.12. The summed E-state index contributed by atoms with van der Waals surface area (Å²) in [5.41, 5.74) is 0. The van der Waals surface area contributed by atoms with E-state index in [0.717, 1.165) is 19.0 Å². The summed E-state index contributed by atoms with van der Waals surface area (Å²) in [6, 6.07) is 1.04. The molecule has 0 amide bonds. The van der Waals surface area contributed by atoms with Crippen LogP contribution in [0.2, 0.25) is 6.04 Å². The Kier molecular flexibility index (Phi) is 7.55. The van der Waals surface area contributed by atoms with Gasteiger partial charge in [-0.1, -0.05) is 26.7 Å². The molecule has 80 valence electrons. The second-order valence-corrected chi connectivity index (χ2v) is 6.37. The van der Waals surface area contributed by atoms with Crippen molar-refractivity contribution in [3.05, 3.63) is 0 Å². The number of hydrogen-bond donors (Lipinski definition) is 1. The lowest BCUT2D eigenvalue weighted by Crippen LogP contribution is -2.55. The van der Waals surface area contributed by atoms with Gasteiger partial charge in [0, 0.05) is 20.3 Å². The highest BCUT2D eigenvalue weighted by molar-refractivity contribution is 6.64. The molecule has 0 aliphatic heterocycles. The average Bonchev–Trinajstić information content (AvgIpc) is 2.20. The lowest BCUT2D eigenvalue weighted by molar-refractivity contribution is 0.226. The zero-order valence-corrected chi connectivity index (χ0v) is 10.4. The molecule has 0 heterocycles. The first-order valence-electron chi connectivity index (χ1n) is 5.10. The summed E-state index contributed by atoms with van der Waals surface area (Å²) in [6.07, 6.45) is 3.48. The molecule has 0 saturated heterocycles. The van der Waals surface area contributed by atoms with Gasteiger partial charge in [-0.3, -0.25) is 4.98 Å². The summed E-state index contributed by atoms with van der Waals surface area (Å²) < 4.78 is 11.0. The van der Waals surface area contributed by atoms with Gasteiger partial charge >= 0.3 is 8.72 Å². The highest BCUT2D eigenvalue weighted by Gasteiger charge is 2.34. The van der Waals surface area contributed by atoms with Crippen LogP contribution in [-0.4, -0.2) is 29.5 Å². The average molecular weight is 205 g/mol. The molecular formula is C9H23NO2Si. The third-order valence-electron chi connectivity index (χ3n) is 2.16. The molecule has 0 radical (unpaired) electrons. The van der Waals surface area contributed by atoms with Crippen LogP contribution in [0, 0.1) is 0 Å². The van der Waals surface area contributed by atoms with Crippen molar-refractivity contribution in [2.45, 2.75) is 39.2 Å². The Hall–Kier alpha value is 0.0969. The molecule has 0 aromatic carbocycles. The minimum Gasteiger partial charge on any atom is -0.386 e. The molecule has 0 aliphatic rings. The van der Waals surface area contributed by atoms with E-state index in [4.69, 9.17) is 8.85 Å². The van der Waals surface area contributed by atoms with Crippen molar-refractivity contribution >= 4 is 8.72 Å². The number of unbranched alkanes of at least 4 members (excludes halogenated alkanes) is 1. The van der Waals surface area contributed by atoms with Crippen LogP contribution < -0.4 is 4.98 Å². The fourth-order valence-electron chi connectivity index (χ4n) is 1.25.